The minimum atomic E-state index is -0.654. The molecule has 3 aliphatic rings. The fourth-order valence-electron chi connectivity index (χ4n) is 4.57. The fraction of sp³-hybridized carbons (Fsp3) is 0.565. The number of rotatable bonds is 4. The summed E-state index contributed by atoms with van der Waals surface area (Å²) in [7, 11) is 0. The van der Waals surface area contributed by atoms with Gasteiger partial charge in [-0.3, -0.25) is 4.79 Å². The number of benzene rings is 1. The highest BCUT2D eigenvalue weighted by Crippen LogP contribution is 2.39. The summed E-state index contributed by atoms with van der Waals surface area (Å²) in [6.45, 7) is 0. The van der Waals surface area contributed by atoms with Gasteiger partial charge in [0.05, 0.1) is 5.57 Å². The molecule has 0 heterocycles. The number of ether oxygens (including phenoxy) is 2. The maximum absolute atomic E-state index is 13.0. The molecule has 1 unspecified atom stereocenters. The van der Waals surface area contributed by atoms with Gasteiger partial charge in [0, 0.05) is 0 Å². The molecule has 0 aliphatic heterocycles. The minimum Gasteiger partial charge on any atom is -0.462 e. The van der Waals surface area contributed by atoms with Gasteiger partial charge in [-0.2, -0.15) is 0 Å². The number of hydrogen-bond donors (Lipinski definition) is 0. The lowest BCUT2D eigenvalue weighted by molar-refractivity contribution is -0.154. The molecule has 0 N–H and O–H groups in total. The zero-order valence-corrected chi connectivity index (χ0v) is 15.8. The smallest absolute Gasteiger partial charge is 0.335 e. The van der Waals surface area contributed by atoms with Crippen LogP contribution >= 0.6 is 0 Å². The van der Waals surface area contributed by atoms with Gasteiger partial charge in [0.25, 0.3) is 0 Å². The molecular weight excluding hydrogens is 340 g/mol. The van der Waals surface area contributed by atoms with E-state index in [0.29, 0.717) is 5.57 Å². The van der Waals surface area contributed by atoms with Crippen LogP contribution in [0.5, 0.6) is 0 Å². The van der Waals surface area contributed by atoms with E-state index in [1.807, 2.05) is 30.3 Å². The first-order valence-electron chi connectivity index (χ1n) is 10.4. The normalized spacial score (nSPS) is 23.4. The van der Waals surface area contributed by atoms with Crippen molar-refractivity contribution < 1.29 is 19.1 Å². The topological polar surface area (TPSA) is 52.6 Å². The van der Waals surface area contributed by atoms with Crippen molar-refractivity contribution in [1.29, 1.82) is 0 Å². The van der Waals surface area contributed by atoms with E-state index in [9.17, 15) is 9.59 Å². The molecule has 2 fully saturated rings. The lowest BCUT2D eigenvalue weighted by atomic mass is 9.94. The Bertz CT molecular complexity index is 724. The van der Waals surface area contributed by atoms with E-state index in [4.69, 9.17) is 9.47 Å². The Morgan fingerprint density at radius 2 is 1.37 bits per heavy atom. The van der Waals surface area contributed by atoms with Crippen molar-refractivity contribution >= 4 is 18.0 Å². The highest BCUT2D eigenvalue weighted by Gasteiger charge is 2.39. The molecule has 4 heteroatoms. The SMILES string of the molecule is O=C(OC1CCCCC1)C1=Cc2ccccc2C1C(=O)OC1CCCCC1. The second-order valence-corrected chi connectivity index (χ2v) is 8.02. The maximum atomic E-state index is 13.0. The van der Waals surface area contributed by atoms with Crippen LogP contribution in [0.1, 0.15) is 81.3 Å². The van der Waals surface area contributed by atoms with Gasteiger partial charge in [-0.05, 0) is 68.6 Å². The number of fused-ring (bicyclic) bond motifs is 1. The molecule has 4 nitrogen and oxygen atoms in total. The molecule has 0 saturated heterocycles. The third-order valence-corrected chi connectivity index (χ3v) is 6.06. The lowest BCUT2D eigenvalue weighted by Crippen LogP contribution is -2.29. The quantitative estimate of drug-likeness (QED) is 0.708. The molecule has 0 bridgehead atoms. The van der Waals surface area contributed by atoms with Gasteiger partial charge in [-0.25, -0.2) is 4.79 Å². The Morgan fingerprint density at radius 1 is 0.778 bits per heavy atom. The van der Waals surface area contributed by atoms with Crippen molar-refractivity contribution in [2.75, 3.05) is 0 Å². The van der Waals surface area contributed by atoms with E-state index in [1.165, 1.54) is 12.8 Å². The van der Waals surface area contributed by atoms with E-state index < -0.39 is 5.92 Å². The number of carbonyl (C=O) groups is 2. The molecule has 4 rings (SSSR count). The Morgan fingerprint density at radius 3 is 2.04 bits per heavy atom. The average molecular weight is 368 g/mol. The average Bonchev–Trinajstić information content (AvgIpc) is 3.09. The van der Waals surface area contributed by atoms with Crippen molar-refractivity contribution in [3.63, 3.8) is 0 Å². The summed E-state index contributed by atoms with van der Waals surface area (Å²) in [5.41, 5.74) is 2.20. The van der Waals surface area contributed by atoms with Gasteiger partial charge in [-0.15, -0.1) is 0 Å². The van der Waals surface area contributed by atoms with E-state index in [2.05, 4.69) is 0 Å². The van der Waals surface area contributed by atoms with Crippen LogP contribution in [0.4, 0.5) is 0 Å². The van der Waals surface area contributed by atoms with Crippen molar-refractivity contribution in [1.82, 2.24) is 0 Å². The van der Waals surface area contributed by atoms with Crippen molar-refractivity contribution in [2.24, 2.45) is 0 Å². The van der Waals surface area contributed by atoms with Gasteiger partial charge < -0.3 is 9.47 Å². The predicted molar refractivity (Wildman–Crippen MR) is 103 cm³/mol. The summed E-state index contributed by atoms with van der Waals surface area (Å²) < 4.78 is 11.6. The van der Waals surface area contributed by atoms with Crippen LogP contribution in [0.25, 0.3) is 6.08 Å². The molecular formula is C23H28O4. The summed E-state index contributed by atoms with van der Waals surface area (Å²) in [4.78, 5) is 25.9. The molecule has 0 aromatic heterocycles. The molecule has 1 atom stereocenters. The number of carbonyl (C=O) groups excluding carboxylic acids is 2. The van der Waals surface area contributed by atoms with E-state index in [-0.39, 0.29) is 24.1 Å². The zero-order valence-electron chi connectivity index (χ0n) is 15.8. The first kappa shape index (κ1) is 18.3. The standard InChI is InChI=1S/C23H28O4/c24-22(26-17-10-3-1-4-11-17)20-15-16-9-7-8-14-19(16)21(20)23(25)27-18-12-5-2-6-13-18/h7-9,14-15,17-18,21H,1-6,10-13H2. The van der Waals surface area contributed by atoms with Gasteiger partial charge in [0.2, 0.25) is 0 Å². The van der Waals surface area contributed by atoms with Crippen molar-refractivity contribution in [3.05, 3.63) is 41.0 Å². The fourth-order valence-corrected chi connectivity index (χ4v) is 4.57. The zero-order chi connectivity index (χ0) is 18.6. The lowest BCUT2D eigenvalue weighted by Gasteiger charge is -2.25. The summed E-state index contributed by atoms with van der Waals surface area (Å²) in [6.07, 6.45) is 12.3. The van der Waals surface area contributed by atoms with E-state index in [1.54, 1.807) is 0 Å². The molecule has 3 aliphatic carbocycles. The molecule has 0 spiro atoms. The molecule has 1 aromatic carbocycles. The minimum absolute atomic E-state index is 0.0189. The first-order chi connectivity index (χ1) is 13.2. The summed E-state index contributed by atoms with van der Waals surface area (Å²) >= 11 is 0. The Kier molecular flexibility index (Phi) is 5.61. The summed E-state index contributed by atoms with van der Waals surface area (Å²) in [5, 5.41) is 0. The Hall–Kier alpha value is -2.10. The molecule has 0 amide bonds. The largest absolute Gasteiger partial charge is 0.462 e. The second-order valence-electron chi connectivity index (χ2n) is 8.02. The molecule has 144 valence electrons. The van der Waals surface area contributed by atoms with Crippen LogP contribution in [0.15, 0.2) is 29.8 Å². The molecule has 1 aromatic rings. The maximum Gasteiger partial charge on any atom is 0.335 e. The molecule has 27 heavy (non-hydrogen) atoms. The third kappa shape index (κ3) is 4.10. The van der Waals surface area contributed by atoms with Crippen molar-refractivity contribution in [3.8, 4) is 0 Å². The van der Waals surface area contributed by atoms with Crippen LogP contribution < -0.4 is 0 Å². The van der Waals surface area contributed by atoms with Crippen molar-refractivity contribution in [2.45, 2.75) is 82.3 Å². The first-order valence-corrected chi connectivity index (χ1v) is 10.4. The number of esters is 2. The van der Waals surface area contributed by atoms with Gasteiger partial charge in [-0.1, -0.05) is 37.1 Å². The van der Waals surface area contributed by atoms with Gasteiger partial charge in [0.15, 0.2) is 0 Å². The van der Waals surface area contributed by atoms with Crippen LogP contribution in [0.2, 0.25) is 0 Å². The second kappa shape index (κ2) is 8.28. The third-order valence-electron chi connectivity index (χ3n) is 6.06. The predicted octanol–water partition coefficient (Wildman–Crippen LogP) is 4.92. The van der Waals surface area contributed by atoms with Crippen LogP contribution in [0, 0.1) is 0 Å². The van der Waals surface area contributed by atoms with E-state index in [0.717, 1.165) is 62.5 Å². The van der Waals surface area contributed by atoms with E-state index >= 15 is 0 Å². The number of hydrogen-bond acceptors (Lipinski definition) is 4. The molecule has 0 radical (unpaired) electrons. The van der Waals surface area contributed by atoms with Gasteiger partial charge >= 0.3 is 11.9 Å². The Labute approximate surface area is 160 Å². The molecule has 2 saturated carbocycles. The summed E-state index contributed by atoms with van der Waals surface area (Å²) in [5.74, 6) is -1.32. The van der Waals surface area contributed by atoms with Crippen LogP contribution in [-0.4, -0.2) is 24.1 Å². The Balaban J connectivity index is 1.51. The summed E-state index contributed by atoms with van der Waals surface area (Å²) in [6, 6.07) is 7.69. The van der Waals surface area contributed by atoms with Gasteiger partial charge in [0.1, 0.15) is 18.1 Å². The van der Waals surface area contributed by atoms with Crippen LogP contribution in [-0.2, 0) is 19.1 Å². The van der Waals surface area contributed by atoms with Crippen LogP contribution in [0.3, 0.4) is 0 Å². The monoisotopic (exact) mass is 368 g/mol. The highest BCUT2D eigenvalue weighted by molar-refractivity contribution is 6.05. The highest BCUT2D eigenvalue weighted by atomic mass is 16.6.